The fraction of sp³-hybridized carbons (Fsp3) is 1.00. The first kappa shape index (κ1) is 16.0. The number of hydrogen-bond acceptors (Lipinski definition) is 1. The molecule has 0 aromatic rings. The smallest absolute Gasteiger partial charge is 0.00719 e. The van der Waals surface area contributed by atoms with Crippen LogP contribution in [0.1, 0.15) is 73.1 Å². The van der Waals surface area contributed by atoms with Crippen molar-refractivity contribution < 1.29 is 0 Å². The third-order valence-electron chi connectivity index (χ3n) is 2.98. The Balaban J connectivity index is 3.65. The van der Waals surface area contributed by atoms with Crippen LogP contribution in [0.15, 0.2) is 0 Å². The van der Waals surface area contributed by atoms with Gasteiger partial charge in [-0.1, -0.05) is 53.9 Å². The third-order valence-corrected chi connectivity index (χ3v) is 2.98. The van der Waals surface area contributed by atoms with Gasteiger partial charge in [-0.15, -0.1) is 0 Å². The summed E-state index contributed by atoms with van der Waals surface area (Å²) in [6, 6.07) is 0.738. The van der Waals surface area contributed by atoms with E-state index in [-0.39, 0.29) is 0 Å². The molecule has 0 atom stereocenters. The van der Waals surface area contributed by atoms with Gasteiger partial charge < -0.3 is 5.32 Å². The molecular formula is C15H33N. The maximum Gasteiger partial charge on any atom is 0.00719 e. The van der Waals surface area contributed by atoms with E-state index in [4.69, 9.17) is 0 Å². The summed E-state index contributed by atoms with van der Waals surface area (Å²) in [4.78, 5) is 0. The maximum absolute atomic E-state index is 3.74. The number of hydrogen-bond donors (Lipinski definition) is 1. The minimum absolute atomic E-state index is 0.738. The van der Waals surface area contributed by atoms with Crippen molar-refractivity contribution in [3.05, 3.63) is 0 Å². The summed E-state index contributed by atoms with van der Waals surface area (Å²) in [6.45, 7) is 12.8. The van der Waals surface area contributed by atoms with Crippen LogP contribution >= 0.6 is 0 Å². The van der Waals surface area contributed by atoms with Gasteiger partial charge in [0, 0.05) is 6.04 Å². The van der Waals surface area contributed by atoms with Gasteiger partial charge in [0.05, 0.1) is 0 Å². The van der Waals surface area contributed by atoms with Crippen LogP contribution in [0.5, 0.6) is 0 Å². The van der Waals surface area contributed by atoms with Crippen LogP contribution in [0.25, 0.3) is 0 Å². The monoisotopic (exact) mass is 227 g/mol. The molecule has 98 valence electrons. The van der Waals surface area contributed by atoms with E-state index in [1.54, 1.807) is 0 Å². The largest absolute Gasteiger partial charge is 0.314 e. The summed E-state index contributed by atoms with van der Waals surface area (Å²) in [6.07, 6.45) is 8.11. The van der Waals surface area contributed by atoms with E-state index in [9.17, 15) is 0 Å². The van der Waals surface area contributed by atoms with Crippen LogP contribution in [0.2, 0.25) is 0 Å². The Kier molecular flexibility index (Phi) is 10.1. The van der Waals surface area contributed by atoms with E-state index in [1.807, 2.05) is 0 Å². The highest BCUT2D eigenvalue weighted by molar-refractivity contribution is 4.70. The standard InChI is InChI=1S/C15H33N/c1-6-7-8-9-10-16-15(11-13(2)3)12-14(4)5/h13-16H,6-12H2,1-5H3. The fourth-order valence-corrected chi connectivity index (χ4v) is 2.26. The first-order chi connectivity index (χ1) is 7.56. The summed E-state index contributed by atoms with van der Waals surface area (Å²) in [5.41, 5.74) is 0. The van der Waals surface area contributed by atoms with Gasteiger partial charge in [0.2, 0.25) is 0 Å². The van der Waals surface area contributed by atoms with Crippen LogP contribution in [-0.4, -0.2) is 12.6 Å². The number of nitrogens with one attached hydrogen (secondary N) is 1. The second-order valence-corrected chi connectivity index (χ2v) is 5.97. The lowest BCUT2D eigenvalue weighted by molar-refractivity contribution is 0.357. The van der Waals surface area contributed by atoms with Gasteiger partial charge in [0.15, 0.2) is 0 Å². The summed E-state index contributed by atoms with van der Waals surface area (Å²) in [7, 11) is 0. The summed E-state index contributed by atoms with van der Waals surface area (Å²) in [5, 5.41) is 3.74. The molecule has 1 nitrogen and oxygen atoms in total. The predicted molar refractivity (Wildman–Crippen MR) is 74.8 cm³/mol. The van der Waals surface area contributed by atoms with Gasteiger partial charge in [-0.3, -0.25) is 0 Å². The molecule has 0 fully saturated rings. The average molecular weight is 227 g/mol. The Morgan fingerprint density at radius 3 is 1.81 bits per heavy atom. The first-order valence-electron chi connectivity index (χ1n) is 7.29. The van der Waals surface area contributed by atoms with E-state index < -0.39 is 0 Å². The van der Waals surface area contributed by atoms with Gasteiger partial charge in [0.25, 0.3) is 0 Å². The van der Waals surface area contributed by atoms with Crippen molar-refractivity contribution in [3.63, 3.8) is 0 Å². The zero-order valence-electron chi connectivity index (χ0n) is 12.2. The highest BCUT2D eigenvalue weighted by Gasteiger charge is 2.11. The van der Waals surface area contributed by atoms with E-state index in [2.05, 4.69) is 39.9 Å². The molecular weight excluding hydrogens is 194 g/mol. The molecule has 0 spiro atoms. The Hall–Kier alpha value is -0.0400. The topological polar surface area (TPSA) is 12.0 Å². The van der Waals surface area contributed by atoms with Crippen LogP contribution in [0, 0.1) is 11.8 Å². The second-order valence-electron chi connectivity index (χ2n) is 5.97. The normalized spacial score (nSPS) is 12.0. The molecule has 0 radical (unpaired) electrons. The Labute approximate surface area is 103 Å². The highest BCUT2D eigenvalue weighted by Crippen LogP contribution is 2.13. The van der Waals surface area contributed by atoms with Gasteiger partial charge >= 0.3 is 0 Å². The van der Waals surface area contributed by atoms with Crippen LogP contribution in [0.3, 0.4) is 0 Å². The van der Waals surface area contributed by atoms with E-state index in [1.165, 1.54) is 45.1 Å². The zero-order valence-corrected chi connectivity index (χ0v) is 12.2. The van der Waals surface area contributed by atoms with E-state index in [0.29, 0.717) is 0 Å². The molecule has 1 N–H and O–H groups in total. The Bertz CT molecular complexity index is 130. The lowest BCUT2D eigenvalue weighted by atomic mass is 9.95. The van der Waals surface area contributed by atoms with Crippen molar-refractivity contribution in [2.24, 2.45) is 11.8 Å². The average Bonchev–Trinajstić information content (AvgIpc) is 2.15. The van der Waals surface area contributed by atoms with Gasteiger partial charge in [-0.25, -0.2) is 0 Å². The minimum Gasteiger partial charge on any atom is -0.314 e. The molecule has 0 heterocycles. The van der Waals surface area contributed by atoms with Crippen LogP contribution in [0.4, 0.5) is 0 Å². The minimum atomic E-state index is 0.738. The zero-order chi connectivity index (χ0) is 12.4. The number of unbranched alkanes of at least 4 members (excludes halogenated alkanes) is 3. The van der Waals surface area contributed by atoms with E-state index in [0.717, 1.165) is 17.9 Å². The SMILES string of the molecule is CCCCCCNC(CC(C)C)CC(C)C. The molecule has 0 rings (SSSR count). The van der Waals surface area contributed by atoms with Gasteiger partial charge in [0.1, 0.15) is 0 Å². The highest BCUT2D eigenvalue weighted by atomic mass is 14.9. The van der Waals surface area contributed by atoms with Crippen LogP contribution in [-0.2, 0) is 0 Å². The molecule has 0 aliphatic carbocycles. The molecule has 16 heavy (non-hydrogen) atoms. The lowest BCUT2D eigenvalue weighted by Crippen LogP contribution is -2.32. The summed E-state index contributed by atoms with van der Waals surface area (Å²) >= 11 is 0. The molecule has 0 aliphatic rings. The van der Waals surface area contributed by atoms with Crippen molar-refractivity contribution in [2.75, 3.05) is 6.54 Å². The van der Waals surface area contributed by atoms with Crippen molar-refractivity contribution in [1.82, 2.24) is 5.32 Å². The maximum atomic E-state index is 3.74. The van der Waals surface area contributed by atoms with Crippen LogP contribution < -0.4 is 5.32 Å². The Morgan fingerprint density at radius 2 is 1.38 bits per heavy atom. The first-order valence-corrected chi connectivity index (χ1v) is 7.29. The Morgan fingerprint density at radius 1 is 0.812 bits per heavy atom. The van der Waals surface area contributed by atoms with Crippen molar-refractivity contribution in [2.45, 2.75) is 79.2 Å². The summed E-state index contributed by atoms with van der Waals surface area (Å²) < 4.78 is 0. The molecule has 0 saturated carbocycles. The second kappa shape index (κ2) is 10.1. The molecule has 0 saturated heterocycles. The molecule has 0 bridgehead atoms. The van der Waals surface area contributed by atoms with Crippen molar-refractivity contribution in [3.8, 4) is 0 Å². The molecule has 0 aliphatic heterocycles. The molecule has 1 heteroatoms. The van der Waals surface area contributed by atoms with Crippen molar-refractivity contribution >= 4 is 0 Å². The van der Waals surface area contributed by atoms with E-state index >= 15 is 0 Å². The van der Waals surface area contributed by atoms with Crippen molar-refractivity contribution in [1.29, 1.82) is 0 Å². The fourth-order valence-electron chi connectivity index (χ4n) is 2.26. The molecule has 0 aromatic carbocycles. The molecule has 0 unspecified atom stereocenters. The summed E-state index contributed by atoms with van der Waals surface area (Å²) in [5.74, 6) is 1.62. The molecule has 0 amide bonds. The number of rotatable bonds is 10. The van der Waals surface area contributed by atoms with Gasteiger partial charge in [-0.05, 0) is 37.6 Å². The van der Waals surface area contributed by atoms with Gasteiger partial charge in [-0.2, -0.15) is 0 Å². The molecule has 0 aromatic heterocycles. The third kappa shape index (κ3) is 10.5. The quantitative estimate of drug-likeness (QED) is 0.537. The lowest BCUT2D eigenvalue weighted by Gasteiger charge is -2.22. The predicted octanol–water partition coefficient (Wildman–Crippen LogP) is 4.62.